The van der Waals surface area contributed by atoms with Gasteiger partial charge in [-0.05, 0) is 36.6 Å². The fourth-order valence-corrected chi connectivity index (χ4v) is 5.19. The van der Waals surface area contributed by atoms with Crippen molar-refractivity contribution in [2.24, 2.45) is 0 Å². The van der Waals surface area contributed by atoms with Gasteiger partial charge in [0.1, 0.15) is 6.04 Å². The monoisotopic (exact) mass is 429 g/mol. The number of carbonyl (C=O) groups is 1. The third kappa shape index (κ3) is 5.40. The van der Waals surface area contributed by atoms with Crippen molar-refractivity contribution in [1.29, 1.82) is 0 Å². The lowest BCUT2D eigenvalue weighted by Crippen LogP contribution is -2.55. The van der Waals surface area contributed by atoms with Gasteiger partial charge in [0.15, 0.2) is 0 Å². The molecule has 1 saturated heterocycles. The second-order valence-electron chi connectivity index (χ2n) is 7.91. The lowest BCUT2D eigenvalue weighted by molar-refractivity contribution is -0.134. The van der Waals surface area contributed by atoms with Crippen LogP contribution >= 0.6 is 0 Å². The van der Waals surface area contributed by atoms with Gasteiger partial charge in [-0.2, -0.15) is 0 Å². The molecule has 1 heterocycles. The summed E-state index contributed by atoms with van der Waals surface area (Å²) in [5.74, 6) is -0.121. The SMILES string of the molecule is CC[C@@H](C(=O)N1CCN(Cc2ccccc2)CC1)N(c1cccc(C)c1)S(C)(=O)=O. The second kappa shape index (κ2) is 9.62. The topological polar surface area (TPSA) is 60.9 Å². The summed E-state index contributed by atoms with van der Waals surface area (Å²) in [6, 6.07) is 16.9. The molecule has 1 fully saturated rings. The minimum atomic E-state index is -3.61. The van der Waals surface area contributed by atoms with Crippen LogP contribution in [0.4, 0.5) is 5.69 Å². The second-order valence-corrected chi connectivity index (χ2v) is 9.77. The number of amides is 1. The van der Waals surface area contributed by atoms with Crippen LogP contribution in [0.1, 0.15) is 24.5 Å². The lowest BCUT2D eigenvalue weighted by atomic mass is 10.1. The average molecular weight is 430 g/mol. The number of rotatable bonds is 7. The summed E-state index contributed by atoms with van der Waals surface area (Å²) >= 11 is 0. The minimum absolute atomic E-state index is 0.121. The van der Waals surface area contributed by atoms with E-state index in [2.05, 4.69) is 17.0 Å². The maximum Gasteiger partial charge on any atom is 0.246 e. The van der Waals surface area contributed by atoms with Crippen molar-refractivity contribution < 1.29 is 13.2 Å². The van der Waals surface area contributed by atoms with Gasteiger partial charge < -0.3 is 4.90 Å². The number of piperazine rings is 1. The first-order valence-corrected chi connectivity index (χ1v) is 12.3. The summed E-state index contributed by atoms with van der Waals surface area (Å²) in [6.07, 6.45) is 1.59. The molecule has 0 bridgehead atoms. The van der Waals surface area contributed by atoms with E-state index in [9.17, 15) is 13.2 Å². The van der Waals surface area contributed by atoms with Gasteiger partial charge in [-0.15, -0.1) is 0 Å². The fourth-order valence-electron chi connectivity index (χ4n) is 3.99. The van der Waals surface area contributed by atoms with Crippen molar-refractivity contribution in [2.75, 3.05) is 36.7 Å². The molecule has 3 rings (SSSR count). The molecule has 1 amide bonds. The zero-order valence-electron chi connectivity index (χ0n) is 18.0. The number of anilines is 1. The van der Waals surface area contributed by atoms with Crippen LogP contribution in [0.3, 0.4) is 0 Å². The molecule has 162 valence electrons. The maximum absolute atomic E-state index is 13.3. The summed E-state index contributed by atoms with van der Waals surface area (Å²) < 4.78 is 26.6. The molecule has 1 aliphatic rings. The third-order valence-electron chi connectivity index (χ3n) is 5.50. The summed E-state index contributed by atoms with van der Waals surface area (Å²) in [5.41, 5.74) is 2.75. The van der Waals surface area contributed by atoms with Gasteiger partial charge in [-0.25, -0.2) is 8.42 Å². The van der Waals surface area contributed by atoms with E-state index < -0.39 is 16.1 Å². The van der Waals surface area contributed by atoms with Crippen LogP contribution in [-0.4, -0.2) is 62.6 Å². The van der Waals surface area contributed by atoms with Crippen LogP contribution in [0.15, 0.2) is 54.6 Å². The molecule has 0 aromatic heterocycles. The summed E-state index contributed by atoms with van der Waals surface area (Å²) in [7, 11) is -3.61. The highest BCUT2D eigenvalue weighted by Gasteiger charge is 2.35. The Morgan fingerprint density at radius 1 is 1.03 bits per heavy atom. The van der Waals surface area contributed by atoms with Gasteiger partial charge in [0.25, 0.3) is 0 Å². The molecule has 6 nitrogen and oxygen atoms in total. The number of hydrogen-bond donors (Lipinski definition) is 0. The van der Waals surface area contributed by atoms with E-state index in [-0.39, 0.29) is 5.91 Å². The van der Waals surface area contributed by atoms with Gasteiger partial charge in [-0.1, -0.05) is 49.4 Å². The summed E-state index contributed by atoms with van der Waals surface area (Å²) in [5, 5.41) is 0. The van der Waals surface area contributed by atoms with E-state index in [0.717, 1.165) is 25.2 Å². The van der Waals surface area contributed by atoms with Gasteiger partial charge in [0.05, 0.1) is 11.9 Å². The maximum atomic E-state index is 13.3. The number of nitrogens with zero attached hydrogens (tertiary/aromatic N) is 3. The Labute approximate surface area is 180 Å². The van der Waals surface area contributed by atoms with E-state index in [1.165, 1.54) is 16.1 Å². The van der Waals surface area contributed by atoms with Gasteiger partial charge in [-0.3, -0.25) is 14.0 Å². The first-order chi connectivity index (χ1) is 14.3. The molecule has 7 heteroatoms. The molecule has 0 N–H and O–H groups in total. The number of carbonyl (C=O) groups excluding carboxylic acids is 1. The highest BCUT2D eigenvalue weighted by molar-refractivity contribution is 7.92. The highest BCUT2D eigenvalue weighted by Crippen LogP contribution is 2.25. The van der Waals surface area contributed by atoms with Crippen molar-refractivity contribution in [3.05, 3.63) is 65.7 Å². The number of benzene rings is 2. The standard InChI is InChI=1S/C23H31N3O3S/c1-4-22(26(30(3,28)29)21-12-8-9-19(2)17-21)23(27)25-15-13-24(14-16-25)18-20-10-6-5-7-11-20/h5-12,17,22H,4,13-16,18H2,1-3H3/t22-/m0/s1. The normalized spacial score (nSPS) is 16.3. The van der Waals surface area contributed by atoms with E-state index in [1.807, 2.05) is 55.1 Å². The van der Waals surface area contributed by atoms with Gasteiger partial charge in [0.2, 0.25) is 15.9 Å². The zero-order valence-corrected chi connectivity index (χ0v) is 18.8. The quantitative estimate of drug-likeness (QED) is 0.679. The van der Waals surface area contributed by atoms with E-state index >= 15 is 0 Å². The molecule has 2 aromatic carbocycles. The van der Waals surface area contributed by atoms with E-state index in [4.69, 9.17) is 0 Å². The van der Waals surface area contributed by atoms with Crippen LogP contribution < -0.4 is 4.31 Å². The molecule has 0 radical (unpaired) electrons. The molecule has 1 aliphatic heterocycles. The Kier molecular flexibility index (Phi) is 7.15. The predicted octanol–water partition coefficient (Wildman–Crippen LogP) is 2.88. The summed E-state index contributed by atoms with van der Waals surface area (Å²) in [4.78, 5) is 17.5. The van der Waals surface area contributed by atoms with Crippen LogP contribution in [0.5, 0.6) is 0 Å². The highest BCUT2D eigenvalue weighted by atomic mass is 32.2. The van der Waals surface area contributed by atoms with Crippen molar-refractivity contribution in [1.82, 2.24) is 9.80 Å². The molecule has 0 unspecified atom stereocenters. The first kappa shape index (κ1) is 22.3. The minimum Gasteiger partial charge on any atom is -0.338 e. The smallest absolute Gasteiger partial charge is 0.246 e. The number of hydrogen-bond acceptors (Lipinski definition) is 4. The Hall–Kier alpha value is -2.38. The van der Waals surface area contributed by atoms with Gasteiger partial charge in [0, 0.05) is 32.7 Å². The van der Waals surface area contributed by atoms with Crippen molar-refractivity contribution in [3.8, 4) is 0 Å². The lowest BCUT2D eigenvalue weighted by Gasteiger charge is -2.39. The molecule has 1 atom stereocenters. The predicted molar refractivity (Wildman–Crippen MR) is 121 cm³/mol. The Bertz CT molecular complexity index is 955. The van der Waals surface area contributed by atoms with Gasteiger partial charge >= 0.3 is 0 Å². The first-order valence-electron chi connectivity index (χ1n) is 10.4. The van der Waals surface area contributed by atoms with Crippen molar-refractivity contribution in [3.63, 3.8) is 0 Å². The van der Waals surface area contributed by atoms with Crippen LogP contribution in [0.2, 0.25) is 0 Å². The summed E-state index contributed by atoms with van der Waals surface area (Å²) in [6.45, 7) is 7.40. The number of sulfonamides is 1. The van der Waals surface area contributed by atoms with Crippen LogP contribution in [0, 0.1) is 6.92 Å². The molecule has 0 aliphatic carbocycles. The Balaban J connectivity index is 1.72. The largest absolute Gasteiger partial charge is 0.338 e. The molecular formula is C23H31N3O3S. The molecule has 30 heavy (non-hydrogen) atoms. The van der Waals surface area contributed by atoms with E-state index in [0.29, 0.717) is 25.2 Å². The zero-order chi connectivity index (χ0) is 21.7. The Morgan fingerprint density at radius 3 is 2.27 bits per heavy atom. The van der Waals surface area contributed by atoms with Crippen molar-refractivity contribution >= 4 is 21.6 Å². The van der Waals surface area contributed by atoms with Crippen LogP contribution in [-0.2, 0) is 21.4 Å². The molecule has 0 saturated carbocycles. The molecule has 2 aromatic rings. The molecular weight excluding hydrogens is 398 g/mol. The third-order valence-corrected chi connectivity index (χ3v) is 6.68. The fraction of sp³-hybridized carbons (Fsp3) is 0.435. The number of aryl methyl sites for hydroxylation is 1. The van der Waals surface area contributed by atoms with Crippen molar-refractivity contribution in [2.45, 2.75) is 32.9 Å². The van der Waals surface area contributed by atoms with E-state index in [1.54, 1.807) is 6.07 Å². The molecule has 0 spiro atoms. The van der Waals surface area contributed by atoms with Crippen LogP contribution in [0.25, 0.3) is 0 Å². The Morgan fingerprint density at radius 2 is 1.70 bits per heavy atom. The average Bonchev–Trinajstić information content (AvgIpc) is 2.72.